The Morgan fingerprint density at radius 2 is 1.85 bits per heavy atom. The first-order valence-corrected chi connectivity index (χ1v) is 10.9. The number of likely N-dealkylation sites (tertiary alicyclic amines) is 1. The van der Waals surface area contributed by atoms with E-state index in [9.17, 15) is 0 Å². The standard InChI is InChI=1S/C21H42N4O.HI/c1-4-22-20(23-14-8-19-9-15-25(5-2)16-10-19)24-18-21(13-17-26-3)11-6-7-12-21;/h19H,4-18H2,1-3H3,(H2,22,23,24);1H. The van der Waals surface area contributed by atoms with Crippen molar-refractivity contribution in [2.45, 2.75) is 65.2 Å². The van der Waals surface area contributed by atoms with E-state index in [0.717, 1.165) is 44.5 Å². The molecule has 5 nitrogen and oxygen atoms in total. The maximum Gasteiger partial charge on any atom is 0.191 e. The third kappa shape index (κ3) is 8.86. The lowest BCUT2D eigenvalue weighted by Gasteiger charge is -2.31. The van der Waals surface area contributed by atoms with Crippen LogP contribution in [0.15, 0.2) is 4.99 Å². The molecule has 6 heteroatoms. The van der Waals surface area contributed by atoms with Gasteiger partial charge in [0.05, 0.1) is 0 Å². The zero-order valence-electron chi connectivity index (χ0n) is 17.9. The van der Waals surface area contributed by atoms with Crippen molar-refractivity contribution in [3.8, 4) is 0 Å². The Bertz CT molecular complexity index is 405. The number of hydrogen-bond donors (Lipinski definition) is 2. The lowest BCUT2D eigenvalue weighted by atomic mass is 9.83. The number of hydrogen-bond acceptors (Lipinski definition) is 3. The molecule has 0 amide bonds. The van der Waals surface area contributed by atoms with Crippen molar-refractivity contribution in [3.63, 3.8) is 0 Å². The van der Waals surface area contributed by atoms with E-state index >= 15 is 0 Å². The zero-order chi connectivity index (χ0) is 18.7. The zero-order valence-corrected chi connectivity index (χ0v) is 20.2. The van der Waals surface area contributed by atoms with Crippen molar-refractivity contribution in [2.75, 3.05) is 53.0 Å². The van der Waals surface area contributed by atoms with Crippen LogP contribution in [0.4, 0.5) is 0 Å². The van der Waals surface area contributed by atoms with Crippen molar-refractivity contribution in [2.24, 2.45) is 16.3 Å². The Balaban J connectivity index is 0.00000364. The van der Waals surface area contributed by atoms with Gasteiger partial charge in [0.1, 0.15) is 0 Å². The number of rotatable bonds is 10. The number of nitrogens with one attached hydrogen (secondary N) is 2. The fourth-order valence-corrected chi connectivity index (χ4v) is 4.51. The van der Waals surface area contributed by atoms with Gasteiger partial charge in [-0.2, -0.15) is 0 Å². The van der Waals surface area contributed by atoms with Gasteiger partial charge in [0, 0.05) is 33.4 Å². The first-order valence-electron chi connectivity index (χ1n) is 10.9. The summed E-state index contributed by atoms with van der Waals surface area (Å²) in [4.78, 5) is 7.53. The van der Waals surface area contributed by atoms with Gasteiger partial charge in [-0.25, -0.2) is 0 Å². The Hall–Kier alpha value is -0.0800. The number of piperidine rings is 1. The quantitative estimate of drug-likeness (QED) is 0.275. The molecule has 0 aromatic rings. The van der Waals surface area contributed by atoms with E-state index in [-0.39, 0.29) is 24.0 Å². The fraction of sp³-hybridized carbons (Fsp3) is 0.952. The predicted molar refractivity (Wildman–Crippen MR) is 126 cm³/mol. The smallest absolute Gasteiger partial charge is 0.191 e. The van der Waals surface area contributed by atoms with Crippen molar-refractivity contribution in [1.82, 2.24) is 15.5 Å². The van der Waals surface area contributed by atoms with Crippen molar-refractivity contribution < 1.29 is 4.74 Å². The van der Waals surface area contributed by atoms with Gasteiger partial charge >= 0.3 is 0 Å². The molecule has 0 bridgehead atoms. The summed E-state index contributed by atoms with van der Waals surface area (Å²) in [7, 11) is 1.81. The molecule has 2 fully saturated rings. The van der Waals surface area contributed by atoms with Gasteiger partial charge in [0.2, 0.25) is 0 Å². The molecule has 1 aliphatic heterocycles. The van der Waals surface area contributed by atoms with E-state index in [4.69, 9.17) is 9.73 Å². The lowest BCUT2D eigenvalue weighted by molar-refractivity contribution is 0.141. The molecular formula is C21H43IN4O. The Morgan fingerprint density at radius 1 is 1.15 bits per heavy atom. The van der Waals surface area contributed by atoms with Crippen molar-refractivity contribution in [3.05, 3.63) is 0 Å². The molecule has 0 aromatic carbocycles. The number of aliphatic imine (C=N–C) groups is 1. The minimum absolute atomic E-state index is 0. The van der Waals surface area contributed by atoms with Crippen LogP contribution < -0.4 is 10.6 Å². The van der Waals surface area contributed by atoms with Gasteiger partial charge in [-0.1, -0.05) is 19.8 Å². The van der Waals surface area contributed by atoms with E-state index in [0.29, 0.717) is 5.41 Å². The average Bonchev–Trinajstić information content (AvgIpc) is 3.14. The first-order chi connectivity index (χ1) is 12.7. The van der Waals surface area contributed by atoms with Crippen LogP contribution in [0.25, 0.3) is 0 Å². The summed E-state index contributed by atoms with van der Waals surface area (Å²) in [6, 6.07) is 0. The molecule has 1 heterocycles. The number of methoxy groups -OCH3 is 1. The van der Waals surface area contributed by atoms with Gasteiger partial charge in [-0.15, -0.1) is 24.0 Å². The highest BCUT2D eigenvalue weighted by atomic mass is 127. The maximum atomic E-state index is 5.35. The molecule has 0 atom stereocenters. The second-order valence-electron chi connectivity index (χ2n) is 8.24. The van der Waals surface area contributed by atoms with E-state index in [2.05, 4.69) is 29.4 Å². The lowest BCUT2D eigenvalue weighted by Crippen LogP contribution is -2.40. The van der Waals surface area contributed by atoms with Crippen LogP contribution in [-0.4, -0.2) is 63.8 Å². The van der Waals surface area contributed by atoms with Gasteiger partial charge in [-0.05, 0) is 76.4 Å². The largest absolute Gasteiger partial charge is 0.385 e. The molecule has 1 aliphatic carbocycles. The highest BCUT2D eigenvalue weighted by Crippen LogP contribution is 2.41. The van der Waals surface area contributed by atoms with Crippen LogP contribution in [0.2, 0.25) is 0 Å². The Labute approximate surface area is 184 Å². The molecule has 0 spiro atoms. The summed E-state index contributed by atoms with van der Waals surface area (Å²) >= 11 is 0. The van der Waals surface area contributed by atoms with Crippen LogP contribution in [0.1, 0.15) is 65.2 Å². The number of halogens is 1. The summed E-state index contributed by atoms with van der Waals surface area (Å²) in [5, 5.41) is 7.02. The van der Waals surface area contributed by atoms with E-state index in [1.807, 2.05) is 7.11 Å². The summed E-state index contributed by atoms with van der Waals surface area (Å²) in [5.41, 5.74) is 0.366. The monoisotopic (exact) mass is 494 g/mol. The maximum absolute atomic E-state index is 5.35. The predicted octanol–water partition coefficient (Wildman–Crippen LogP) is 3.88. The Morgan fingerprint density at radius 3 is 2.44 bits per heavy atom. The minimum atomic E-state index is 0. The molecule has 27 heavy (non-hydrogen) atoms. The molecule has 160 valence electrons. The molecule has 2 rings (SSSR count). The fourth-order valence-electron chi connectivity index (χ4n) is 4.51. The van der Waals surface area contributed by atoms with Gasteiger partial charge in [0.15, 0.2) is 5.96 Å². The number of nitrogens with zero attached hydrogens (tertiary/aromatic N) is 2. The van der Waals surface area contributed by atoms with Crippen LogP contribution in [0, 0.1) is 11.3 Å². The second kappa shape index (κ2) is 14.0. The van der Waals surface area contributed by atoms with Crippen LogP contribution >= 0.6 is 24.0 Å². The van der Waals surface area contributed by atoms with Crippen LogP contribution in [0.3, 0.4) is 0 Å². The molecule has 0 radical (unpaired) electrons. The Kier molecular flexibility index (Phi) is 12.9. The molecule has 1 saturated carbocycles. The molecular weight excluding hydrogens is 451 g/mol. The number of ether oxygens (including phenoxy) is 1. The summed E-state index contributed by atoms with van der Waals surface area (Å²) in [6.07, 6.45) is 10.4. The van der Waals surface area contributed by atoms with Crippen LogP contribution in [-0.2, 0) is 4.74 Å². The molecule has 2 aliphatic rings. The molecule has 0 unspecified atom stereocenters. The molecule has 2 N–H and O–H groups in total. The topological polar surface area (TPSA) is 48.9 Å². The van der Waals surface area contributed by atoms with E-state index < -0.39 is 0 Å². The third-order valence-electron chi connectivity index (χ3n) is 6.42. The van der Waals surface area contributed by atoms with Gasteiger partial charge < -0.3 is 20.3 Å². The van der Waals surface area contributed by atoms with Crippen LogP contribution in [0.5, 0.6) is 0 Å². The second-order valence-corrected chi connectivity index (χ2v) is 8.24. The summed E-state index contributed by atoms with van der Waals surface area (Å²) in [5.74, 6) is 1.87. The normalized spacial score (nSPS) is 21.1. The van der Waals surface area contributed by atoms with E-state index in [1.165, 1.54) is 64.6 Å². The van der Waals surface area contributed by atoms with Crippen molar-refractivity contribution in [1.29, 1.82) is 0 Å². The number of guanidine groups is 1. The average molecular weight is 495 g/mol. The summed E-state index contributed by atoms with van der Waals surface area (Å²) < 4.78 is 5.35. The van der Waals surface area contributed by atoms with Gasteiger partial charge in [-0.3, -0.25) is 4.99 Å². The first kappa shape index (κ1) is 25.0. The molecule has 1 saturated heterocycles. The summed E-state index contributed by atoms with van der Waals surface area (Å²) in [6.45, 7) is 11.9. The minimum Gasteiger partial charge on any atom is -0.385 e. The van der Waals surface area contributed by atoms with E-state index in [1.54, 1.807) is 0 Å². The highest BCUT2D eigenvalue weighted by molar-refractivity contribution is 14.0. The SMILES string of the molecule is CCNC(=NCC1(CCOC)CCCC1)NCCC1CCN(CC)CC1.I. The molecule has 0 aromatic heterocycles. The van der Waals surface area contributed by atoms with Gasteiger partial charge in [0.25, 0.3) is 0 Å². The highest BCUT2D eigenvalue weighted by Gasteiger charge is 2.33. The van der Waals surface area contributed by atoms with Crippen molar-refractivity contribution >= 4 is 29.9 Å². The third-order valence-corrected chi connectivity index (χ3v) is 6.42.